The fourth-order valence-electron chi connectivity index (χ4n) is 1.53. The molecule has 3 nitrogen and oxygen atoms in total. The van der Waals surface area contributed by atoms with Crippen molar-refractivity contribution in [1.29, 1.82) is 0 Å². The van der Waals surface area contributed by atoms with Crippen LogP contribution in [0.3, 0.4) is 0 Å². The molecule has 0 bridgehead atoms. The first-order chi connectivity index (χ1) is 7.93. The summed E-state index contributed by atoms with van der Waals surface area (Å²) in [5, 5.41) is 7.87. The Balaban J connectivity index is 3.26. The fourth-order valence-corrected chi connectivity index (χ4v) is 1.72. The van der Waals surface area contributed by atoms with E-state index in [2.05, 4.69) is 0 Å². The smallest absolute Gasteiger partial charge is 0.328 e. The molecule has 0 aliphatic heterocycles. The first-order valence-electron chi connectivity index (χ1n) is 5.08. The molecule has 0 aliphatic carbocycles. The lowest BCUT2D eigenvalue weighted by molar-refractivity contribution is -0.131. The van der Waals surface area contributed by atoms with E-state index in [0.717, 1.165) is 11.6 Å². The van der Waals surface area contributed by atoms with Crippen molar-refractivity contribution < 1.29 is 14.7 Å². The van der Waals surface area contributed by atoms with E-state index < -0.39 is 11.3 Å². The van der Waals surface area contributed by atoms with E-state index in [1.807, 2.05) is 13.0 Å². The maximum absolute atomic E-state index is 11.3. The molecule has 1 N–H and O–H groups in total. The highest BCUT2D eigenvalue weighted by Crippen LogP contribution is 2.28. The molecule has 1 aromatic rings. The maximum atomic E-state index is 11.3. The van der Waals surface area contributed by atoms with Gasteiger partial charge in [0.25, 0.3) is 0 Å². The summed E-state index contributed by atoms with van der Waals surface area (Å²) in [5.74, 6) is -1.20. The van der Waals surface area contributed by atoms with E-state index in [1.165, 1.54) is 13.0 Å². The number of rotatable bonds is 4. The van der Waals surface area contributed by atoms with Crippen molar-refractivity contribution in [3.05, 3.63) is 41.0 Å². The Morgan fingerprint density at radius 3 is 2.59 bits per heavy atom. The Hall–Kier alpha value is -1.61. The van der Waals surface area contributed by atoms with Gasteiger partial charge in [0.15, 0.2) is 5.78 Å². The average molecular weight is 253 g/mol. The van der Waals surface area contributed by atoms with E-state index in [4.69, 9.17) is 16.7 Å². The van der Waals surface area contributed by atoms with Gasteiger partial charge in [-0.05, 0) is 36.6 Å². The van der Waals surface area contributed by atoms with Crippen molar-refractivity contribution in [1.82, 2.24) is 0 Å². The van der Waals surface area contributed by atoms with Gasteiger partial charge < -0.3 is 5.11 Å². The second kappa shape index (κ2) is 5.64. The normalized spacial score (nSPS) is 12.6. The predicted octanol–water partition coefficient (Wildman–Crippen LogP) is 2.96. The van der Waals surface area contributed by atoms with Crippen molar-refractivity contribution in [2.45, 2.75) is 19.2 Å². The van der Waals surface area contributed by atoms with E-state index in [-0.39, 0.29) is 5.78 Å². The van der Waals surface area contributed by atoms with Crippen LogP contribution in [0.1, 0.15) is 29.0 Å². The van der Waals surface area contributed by atoms with Gasteiger partial charge in [0.05, 0.1) is 0 Å². The van der Waals surface area contributed by atoms with E-state index >= 15 is 0 Å². The molecule has 1 atom stereocenters. The van der Waals surface area contributed by atoms with Gasteiger partial charge in [0.2, 0.25) is 0 Å². The zero-order valence-electron chi connectivity index (χ0n) is 9.61. The van der Waals surface area contributed by atoms with Gasteiger partial charge in [-0.1, -0.05) is 18.2 Å². The van der Waals surface area contributed by atoms with Gasteiger partial charge in [-0.15, -0.1) is 11.6 Å². The van der Waals surface area contributed by atoms with Crippen LogP contribution in [-0.4, -0.2) is 16.9 Å². The van der Waals surface area contributed by atoms with Crippen LogP contribution in [0.15, 0.2) is 24.3 Å². The van der Waals surface area contributed by atoms with Gasteiger partial charge in [0, 0.05) is 6.08 Å². The number of carboxylic acid groups (broad SMARTS) is 1. The third-order valence-electron chi connectivity index (χ3n) is 2.38. The Bertz CT molecular complexity index is 478. The molecule has 4 heteroatoms. The lowest BCUT2D eigenvalue weighted by Gasteiger charge is -2.12. The molecular weight excluding hydrogens is 240 g/mol. The molecule has 0 heterocycles. The van der Waals surface area contributed by atoms with Crippen molar-refractivity contribution in [3.63, 3.8) is 0 Å². The number of aryl methyl sites for hydroxylation is 1. The van der Waals surface area contributed by atoms with Gasteiger partial charge in [-0.3, -0.25) is 4.79 Å². The fraction of sp³-hybridized carbons (Fsp3) is 0.231. The molecule has 0 fully saturated rings. The molecule has 0 aliphatic rings. The quantitative estimate of drug-likeness (QED) is 0.662. The van der Waals surface area contributed by atoms with Crippen molar-refractivity contribution in [2.75, 3.05) is 0 Å². The molecule has 0 radical (unpaired) electrons. The number of carbonyl (C=O) groups is 2. The molecule has 90 valence electrons. The van der Waals surface area contributed by atoms with Gasteiger partial charge in [-0.25, -0.2) is 4.79 Å². The topological polar surface area (TPSA) is 54.4 Å². The summed E-state index contributed by atoms with van der Waals surface area (Å²) in [5.41, 5.74) is 2.20. The number of halogens is 1. The van der Waals surface area contributed by atoms with Crippen LogP contribution in [0.5, 0.6) is 0 Å². The minimum absolute atomic E-state index is 0.165. The minimum atomic E-state index is -1.03. The lowest BCUT2D eigenvalue weighted by atomic mass is 9.97. The predicted molar refractivity (Wildman–Crippen MR) is 67.1 cm³/mol. The van der Waals surface area contributed by atoms with Gasteiger partial charge in [-0.2, -0.15) is 0 Å². The van der Waals surface area contributed by atoms with Gasteiger partial charge >= 0.3 is 5.97 Å². The summed E-state index contributed by atoms with van der Waals surface area (Å²) >= 11 is 6.00. The third-order valence-corrected chi connectivity index (χ3v) is 2.92. The summed E-state index contributed by atoms with van der Waals surface area (Å²) < 4.78 is 0. The Morgan fingerprint density at radius 1 is 1.41 bits per heavy atom. The monoisotopic (exact) mass is 252 g/mol. The number of carboxylic acids is 1. The van der Waals surface area contributed by atoms with E-state index in [9.17, 15) is 9.59 Å². The molecule has 0 aromatic heterocycles. The summed E-state index contributed by atoms with van der Waals surface area (Å²) in [6, 6.07) is 5.36. The highest BCUT2D eigenvalue weighted by Gasteiger charge is 2.16. The average Bonchev–Trinajstić information content (AvgIpc) is 2.25. The van der Waals surface area contributed by atoms with Crippen LogP contribution < -0.4 is 0 Å². The second-order valence-electron chi connectivity index (χ2n) is 3.72. The molecule has 0 spiro atoms. The number of hydrogen-bond acceptors (Lipinski definition) is 2. The van der Waals surface area contributed by atoms with Crippen molar-refractivity contribution >= 4 is 29.4 Å². The van der Waals surface area contributed by atoms with Crippen LogP contribution in [0.4, 0.5) is 0 Å². The van der Waals surface area contributed by atoms with E-state index in [1.54, 1.807) is 12.1 Å². The highest BCUT2D eigenvalue weighted by molar-refractivity contribution is 6.31. The van der Waals surface area contributed by atoms with Crippen molar-refractivity contribution in [2.24, 2.45) is 0 Å². The Kier molecular flexibility index (Phi) is 4.46. The summed E-state index contributed by atoms with van der Waals surface area (Å²) in [4.78, 5) is 21.8. The number of hydrogen-bond donors (Lipinski definition) is 1. The molecule has 0 saturated heterocycles. The minimum Gasteiger partial charge on any atom is -0.478 e. The van der Waals surface area contributed by atoms with Gasteiger partial charge in [0.1, 0.15) is 5.38 Å². The number of Topliss-reactive ketones (excluding diaryl/α,β-unsaturated/α-hetero) is 1. The second-order valence-corrected chi connectivity index (χ2v) is 4.16. The van der Waals surface area contributed by atoms with Crippen LogP contribution >= 0.6 is 11.6 Å². The number of carbonyl (C=O) groups excluding carboxylic acids is 1. The van der Waals surface area contributed by atoms with Crippen LogP contribution in [0, 0.1) is 6.92 Å². The zero-order chi connectivity index (χ0) is 13.0. The Morgan fingerprint density at radius 2 is 2.06 bits per heavy atom. The molecule has 0 saturated carbocycles. The number of ketones is 1. The van der Waals surface area contributed by atoms with Crippen molar-refractivity contribution in [3.8, 4) is 0 Å². The molecule has 17 heavy (non-hydrogen) atoms. The number of aliphatic carboxylic acids is 1. The molecular formula is C13H13ClO3. The number of benzene rings is 1. The van der Waals surface area contributed by atoms with Crippen LogP contribution in [0.25, 0.3) is 6.08 Å². The maximum Gasteiger partial charge on any atom is 0.328 e. The summed E-state index contributed by atoms with van der Waals surface area (Å²) in [6.07, 6.45) is 2.50. The lowest BCUT2D eigenvalue weighted by Crippen LogP contribution is -2.04. The molecule has 1 rings (SSSR count). The molecule has 1 aromatic carbocycles. The first-order valence-corrected chi connectivity index (χ1v) is 5.52. The Labute approximate surface area is 105 Å². The molecule has 0 amide bonds. The molecule has 1 unspecified atom stereocenters. The largest absolute Gasteiger partial charge is 0.478 e. The van der Waals surface area contributed by atoms with E-state index in [0.29, 0.717) is 11.1 Å². The summed E-state index contributed by atoms with van der Waals surface area (Å²) in [6.45, 7) is 3.25. The SMILES string of the molecule is CC(=O)C(Cl)c1cccc(C)c1/C=C/C(=O)O. The van der Waals surface area contributed by atoms with Crippen LogP contribution in [-0.2, 0) is 9.59 Å². The zero-order valence-corrected chi connectivity index (χ0v) is 10.4. The number of alkyl halides is 1. The third kappa shape index (κ3) is 3.43. The van der Waals surface area contributed by atoms with Crippen LogP contribution in [0.2, 0.25) is 0 Å². The first kappa shape index (κ1) is 13.5. The standard InChI is InChI=1S/C13H13ClO3/c1-8-4-3-5-11(13(14)9(2)15)10(8)6-7-12(16)17/h3-7,13H,1-2H3,(H,16,17)/b7-6+. The summed E-state index contributed by atoms with van der Waals surface area (Å²) in [7, 11) is 0. The highest BCUT2D eigenvalue weighted by atomic mass is 35.5.